The second-order valence-electron chi connectivity index (χ2n) is 5.37. The van der Waals surface area contributed by atoms with Crippen LogP contribution in [-0.4, -0.2) is 30.5 Å². The summed E-state index contributed by atoms with van der Waals surface area (Å²) in [6.45, 7) is 0.723. The van der Waals surface area contributed by atoms with Crippen molar-refractivity contribution in [2.24, 2.45) is 5.92 Å². The average molecular weight is 366 g/mol. The van der Waals surface area contributed by atoms with Crippen molar-refractivity contribution in [2.45, 2.75) is 13.0 Å². The van der Waals surface area contributed by atoms with Gasteiger partial charge in [0.2, 0.25) is 11.8 Å². The molecule has 2 aromatic rings. The molecule has 0 radical (unpaired) electrons. The van der Waals surface area contributed by atoms with Crippen LogP contribution in [0.5, 0.6) is 5.75 Å². The van der Waals surface area contributed by atoms with Crippen LogP contribution in [-0.2, 0) is 16.1 Å². The van der Waals surface area contributed by atoms with Gasteiger partial charge in [0.1, 0.15) is 10.8 Å². The van der Waals surface area contributed by atoms with Crippen molar-refractivity contribution in [1.82, 2.24) is 10.3 Å². The van der Waals surface area contributed by atoms with Crippen molar-refractivity contribution in [2.75, 3.05) is 18.6 Å². The minimum atomic E-state index is -0.377. The molecule has 6 nitrogen and oxygen atoms in total. The van der Waals surface area contributed by atoms with Crippen LogP contribution in [0.3, 0.4) is 0 Å². The SMILES string of the molecule is COc1ccc(N2C[C@H](C(=O)NCc3nccs3)CC2=O)cc1Cl. The molecule has 0 bridgehead atoms. The molecule has 126 valence electrons. The molecule has 1 aromatic heterocycles. The van der Waals surface area contributed by atoms with Crippen molar-refractivity contribution in [3.63, 3.8) is 0 Å². The third kappa shape index (κ3) is 3.52. The van der Waals surface area contributed by atoms with Gasteiger partial charge in [-0.05, 0) is 18.2 Å². The molecule has 2 amide bonds. The van der Waals surface area contributed by atoms with Gasteiger partial charge in [-0.3, -0.25) is 9.59 Å². The highest BCUT2D eigenvalue weighted by Gasteiger charge is 2.35. The molecule has 1 atom stereocenters. The summed E-state index contributed by atoms with van der Waals surface area (Å²) in [4.78, 5) is 30.2. The number of hydrogen-bond donors (Lipinski definition) is 1. The summed E-state index contributed by atoms with van der Waals surface area (Å²) < 4.78 is 5.11. The third-order valence-corrected chi connectivity index (χ3v) is 4.92. The van der Waals surface area contributed by atoms with Crippen molar-refractivity contribution in [3.05, 3.63) is 39.8 Å². The fourth-order valence-corrected chi connectivity index (χ4v) is 3.41. The molecule has 1 N–H and O–H groups in total. The van der Waals surface area contributed by atoms with Gasteiger partial charge in [-0.15, -0.1) is 11.3 Å². The highest BCUT2D eigenvalue weighted by Crippen LogP contribution is 2.32. The number of anilines is 1. The van der Waals surface area contributed by atoms with Crippen LogP contribution >= 0.6 is 22.9 Å². The van der Waals surface area contributed by atoms with Gasteiger partial charge >= 0.3 is 0 Å². The van der Waals surface area contributed by atoms with Crippen molar-refractivity contribution >= 4 is 40.4 Å². The fourth-order valence-electron chi connectivity index (χ4n) is 2.60. The van der Waals surface area contributed by atoms with E-state index in [9.17, 15) is 9.59 Å². The van der Waals surface area contributed by atoms with Gasteiger partial charge in [-0.1, -0.05) is 11.6 Å². The van der Waals surface area contributed by atoms with Crippen LogP contribution in [0.25, 0.3) is 0 Å². The number of aromatic nitrogens is 1. The van der Waals surface area contributed by atoms with Gasteiger partial charge in [0.05, 0.1) is 24.6 Å². The number of nitrogens with one attached hydrogen (secondary N) is 1. The van der Waals surface area contributed by atoms with Gasteiger partial charge in [-0.25, -0.2) is 4.98 Å². The summed E-state index contributed by atoms with van der Waals surface area (Å²) in [6.07, 6.45) is 1.88. The summed E-state index contributed by atoms with van der Waals surface area (Å²) >= 11 is 7.59. The van der Waals surface area contributed by atoms with Gasteiger partial charge in [0, 0.05) is 30.2 Å². The van der Waals surface area contributed by atoms with Crippen LogP contribution < -0.4 is 15.0 Å². The number of nitrogens with zero attached hydrogens (tertiary/aromatic N) is 2. The lowest BCUT2D eigenvalue weighted by Gasteiger charge is -2.17. The Bertz CT molecular complexity index is 751. The Hall–Kier alpha value is -2.12. The Morgan fingerprint density at radius 2 is 2.38 bits per heavy atom. The number of carbonyl (C=O) groups excluding carboxylic acids is 2. The van der Waals surface area contributed by atoms with Gasteiger partial charge < -0.3 is 15.0 Å². The molecule has 0 spiro atoms. The molecule has 1 saturated heterocycles. The molecule has 0 aliphatic carbocycles. The van der Waals surface area contributed by atoms with E-state index in [1.807, 2.05) is 5.38 Å². The number of amides is 2. The van der Waals surface area contributed by atoms with E-state index >= 15 is 0 Å². The van der Waals surface area contributed by atoms with Crippen LogP contribution in [0.2, 0.25) is 5.02 Å². The predicted octanol–water partition coefficient (Wildman–Crippen LogP) is 2.47. The Kier molecular flexibility index (Phi) is 5.01. The highest BCUT2D eigenvalue weighted by molar-refractivity contribution is 7.09. The zero-order chi connectivity index (χ0) is 17.1. The maximum Gasteiger partial charge on any atom is 0.227 e. The Morgan fingerprint density at radius 1 is 1.54 bits per heavy atom. The topological polar surface area (TPSA) is 71.5 Å². The number of carbonyl (C=O) groups is 2. The number of benzene rings is 1. The molecule has 8 heteroatoms. The fraction of sp³-hybridized carbons (Fsp3) is 0.312. The summed E-state index contributed by atoms with van der Waals surface area (Å²) in [5.41, 5.74) is 0.668. The van der Waals surface area contributed by atoms with Gasteiger partial charge in [0.25, 0.3) is 0 Å². The summed E-state index contributed by atoms with van der Waals surface area (Å²) in [5, 5.41) is 5.96. The highest BCUT2D eigenvalue weighted by atomic mass is 35.5. The van der Waals surface area contributed by atoms with E-state index in [2.05, 4.69) is 10.3 Å². The smallest absolute Gasteiger partial charge is 0.227 e. The molecule has 24 heavy (non-hydrogen) atoms. The zero-order valence-corrected chi connectivity index (χ0v) is 14.6. The van der Waals surface area contributed by atoms with E-state index in [0.29, 0.717) is 29.5 Å². The standard InChI is InChI=1S/C16H16ClN3O3S/c1-23-13-3-2-11(7-12(13)17)20-9-10(6-15(20)21)16(22)19-8-14-18-4-5-24-14/h2-5,7,10H,6,8-9H2,1H3,(H,19,22)/t10-/m1/s1. The number of hydrogen-bond acceptors (Lipinski definition) is 5. The average Bonchev–Trinajstić information content (AvgIpc) is 3.22. The van der Waals surface area contributed by atoms with E-state index < -0.39 is 0 Å². The quantitative estimate of drug-likeness (QED) is 0.883. The Balaban J connectivity index is 1.64. The van der Waals surface area contributed by atoms with Gasteiger partial charge in [-0.2, -0.15) is 0 Å². The molecule has 1 aliphatic heterocycles. The monoisotopic (exact) mass is 365 g/mol. The summed E-state index contributed by atoms with van der Waals surface area (Å²) in [7, 11) is 1.53. The maximum absolute atomic E-state index is 12.3. The lowest BCUT2D eigenvalue weighted by atomic mass is 10.1. The van der Waals surface area contributed by atoms with Crippen molar-refractivity contribution in [3.8, 4) is 5.75 Å². The predicted molar refractivity (Wildman–Crippen MR) is 92.4 cm³/mol. The second kappa shape index (κ2) is 7.19. The molecule has 0 saturated carbocycles. The molecule has 1 aliphatic rings. The molecular formula is C16H16ClN3O3S. The molecule has 1 fully saturated rings. The van der Waals surface area contributed by atoms with E-state index in [4.69, 9.17) is 16.3 Å². The van der Waals surface area contributed by atoms with Crippen LogP contribution in [0.1, 0.15) is 11.4 Å². The lowest BCUT2D eigenvalue weighted by molar-refractivity contribution is -0.126. The largest absolute Gasteiger partial charge is 0.495 e. The first-order chi connectivity index (χ1) is 11.6. The van der Waals surface area contributed by atoms with E-state index in [1.165, 1.54) is 18.4 Å². The van der Waals surface area contributed by atoms with Crippen molar-refractivity contribution < 1.29 is 14.3 Å². The first kappa shape index (κ1) is 16.7. The molecule has 0 unspecified atom stereocenters. The van der Waals surface area contributed by atoms with E-state index in [-0.39, 0.29) is 24.2 Å². The van der Waals surface area contributed by atoms with E-state index in [0.717, 1.165) is 5.01 Å². The number of ether oxygens (including phenoxy) is 1. The third-order valence-electron chi connectivity index (χ3n) is 3.84. The lowest BCUT2D eigenvalue weighted by Crippen LogP contribution is -2.32. The van der Waals surface area contributed by atoms with Crippen LogP contribution in [0.4, 0.5) is 5.69 Å². The zero-order valence-electron chi connectivity index (χ0n) is 13.0. The van der Waals surface area contributed by atoms with Gasteiger partial charge in [0.15, 0.2) is 0 Å². The van der Waals surface area contributed by atoms with E-state index in [1.54, 1.807) is 29.3 Å². The second-order valence-corrected chi connectivity index (χ2v) is 6.75. The minimum Gasteiger partial charge on any atom is -0.495 e. The molecule has 3 rings (SSSR count). The molecule has 1 aromatic carbocycles. The normalized spacial score (nSPS) is 17.2. The Morgan fingerprint density at radius 3 is 3.04 bits per heavy atom. The first-order valence-corrected chi connectivity index (χ1v) is 8.64. The minimum absolute atomic E-state index is 0.0920. The van der Waals surface area contributed by atoms with Crippen LogP contribution in [0.15, 0.2) is 29.8 Å². The number of methoxy groups -OCH3 is 1. The summed E-state index contributed by atoms with van der Waals surface area (Å²) in [6, 6.07) is 5.15. The number of rotatable bonds is 5. The van der Waals surface area contributed by atoms with Crippen molar-refractivity contribution in [1.29, 1.82) is 0 Å². The number of thiazole rings is 1. The summed E-state index contributed by atoms with van der Waals surface area (Å²) in [5.74, 6) is -0.0607. The Labute approximate surface area is 148 Å². The van der Waals surface area contributed by atoms with Crippen LogP contribution in [0, 0.1) is 5.92 Å². The number of halogens is 1. The maximum atomic E-state index is 12.3. The molecule has 2 heterocycles. The molecular weight excluding hydrogens is 350 g/mol. The first-order valence-electron chi connectivity index (χ1n) is 7.38.